The number of anilines is 3. The topological polar surface area (TPSA) is 79.5 Å². The Morgan fingerprint density at radius 1 is 1.00 bits per heavy atom. The molecule has 2 amide bonds. The van der Waals surface area contributed by atoms with E-state index in [1.165, 1.54) is 0 Å². The lowest BCUT2D eigenvalue weighted by molar-refractivity contribution is -0.116. The molecule has 2 aromatic carbocycles. The van der Waals surface area contributed by atoms with E-state index >= 15 is 0 Å². The molecule has 0 bridgehead atoms. The number of nitrogens with one attached hydrogen (secondary N) is 3. The Bertz CT molecular complexity index is 818. The third-order valence-corrected chi connectivity index (χ3v) is 3.89. The van der Waals surface area contributed by atoms with Crippen LogP contribution in [0.1, 0.15) is 18.9 Å². The zero-order valence-corrected chi connectivity index (χ0v) is 15.7. The number of benzene rings is 2. The monoisotopic (exact) mass is 367 g/mol. The van der Waals surface area contributed by atoms with E-state index in [0.29, 0.717) is 30.2 Å². The molecule has 0 saturated heterocycles. The van der Waals surface area contributed by atoms with E-state index in [9.17, 15) is 9.59 Å². The van der Waals surface area contributed by atoms with Crippen molar-refractivity contribution in [3.05, 3.63) is 60.7 Å². The average Bonchev–Trinajstić information content (AvgIpc) is 2.68. The summed E-state index contributed by atoms with van der Waals surface area (Å²) in [5.74, 6) is 0.389. The summed E-state index contributed by atoms with van der Waals surface area (Å²) in [5, 5.41) is 8.77. The molecule has 6 nitrogen and oxygen atoms in total. The summed E-state index contributed by atoms with van der Waals surface area (Å²) in [6.07, 6.45) is 2.06. The van der Waals surface area contributed by atoms with Crippen molar-refractivity contribution in [1.82, 2.24) is 0 Å². The molecule has 2 rings (SSSR count). The normalized spacial score (nSPS) is 10.0. The van der Waals surface area contributed by atoms with Gasteiger partial charge in [0.05, 0.1) is 12.2 Å². The van der Waals surface area contributed by atoms with Crippen LogP contribution in [0.5, 0.6) is 5.75 Å². The number of rotatable bonds is 9. The van der Waals surface area contributed by atoms with Crippen LogP contribution in [-0.2, 0) is 9.59 Å². The van der Waals surface area contributed by atoms with E-state index in [4.69, 9.17) is 4.74 Å². The zero-order chi connectivity index (χ0) is 19.6. The van der Waals surface area contributed by atoms with Crippen molar-refractivity contribution in [2.24, 2.45) is 0 Å². The predicted molar refractivity (Wildman–Crippen MR) is 109 cm³/mol. The van der Waals surface area contributed by atoms with Crippen molar-refractivity contribution in [2.75, 3.05) is 29.1 Å². The van der Waals surface area contributed by atoms with Gasteiger partial charge in [-0.15, -0.1) is 0 Å². The molecule has 27 heavy (non-hydrogen) atoms. The Hall–Kier alpha value is -3.28. The van der Waals surface area contributed by atoms with Gasteiger partial charge in [0, 0.05) is 17.8 Å². The molecule has 142 valence electrons. The maximum Gasteiger partial charge on any atom is 0.243 e. The van der Waals surface area contributed by atoms with Crippen molar-refractivity contribution in [3.8, 4) is 5.75 Å². The number of carbonyl (C=O) groups excluding carboxylic acids is 2. The minimum atomic E-state index is -0.199. The zero-order valence-electron chi connectivity index (χ0n) is 15.7. The van der Waals surface area contributed by atoms with Crippen molar-refractivity contribution in [1.29, 1.82) is 0 Å². The van der Waals surface area contributed by atoms with Crippen LogP contribution in [0, 0.1) is 6.92 Å². The van der Waals surface area contributed by atoms with E-state index < -0.39 is 0 Å². The Balaban J connectivity index is 2.00. The number of ether oxygens (including phenoxy) is 1. The van der Waals surface area contributed by atoms with Crippen molar-refractivity contribution < 1.29 is 14.3 Å². The second-order valence-corrected chi connectivity index (χ2v) is 5.88. The first-order chi connectivity index (χ1) is 13.0. The van der Waals surface area contributed by atoms with Gasteiger partial charge in [-0.1, -0.05) is 37.8 Å². The number of hydrogen-bond acceptors (Lipinski definition) is 4. The van der Waals surface area contributed by atoms with Crippen LogP contribution < -0.4 is 20.7 Å². The lowest BCUT2D eigenvalue weighted by atomic mass is 10.1. The van der Waals surface area contributed by atoms with Gasteiger partial charge in [-0.2, -0.15) is 0 Å². The van der Waals surface area contributed by atoms with Crippen molar-refractivity contribution >= 4 is 28.9 Å². The highest BCUT2D eigenvalue weighted by Gasteiger charge is 2.10. The maximum atomic E-state index is 12.3. The molecule has 0 spiro atoms. The summed E-state index contributed by atoms with van der Waals surface area (Å²) in [6, 6.07) is 12.8. The molecule has 3 N–H and O–H groups in total. The quantitative estimate of drug-likeness (QED) is 0.586. The highest BCUT2D eigenvalue weighted by Crippen LogP contribution is 2.25. The molecule has 2 aromatic rings. The predicted octanol–water partition coefficient (Wildman–Crippen LogP) is 3.96. The molecule has 0 aliphatic heterocycles. The van der Waals surface area contributed by atoms with Gasteiger partial charge >= 0.3 is 0 Å². The Kier molecular flexibility index (Phi) is 7.43. The van der Waals surface area contributed by atoms with Crippen LogP contribution >= 0.6 is 0 Å². The summed E-state index contributed by atoms with van der Waals surface area (Å²) >= 11 is 0. The molecule has 0 atom stereocenters. The van der Waals surface area contributed by atoms with E-state index in [2.05, 4.69) is 22.5 Å². The SMILES string of the molecule is C=CCOc1ccccc1NCC(=O)Nc1cccc(NC(=O)CC)c1C. The van der Waals surface area contributed by atoms with Gasteiger partial charge in [0.2, 0.25) is 11.8 Å². The second kappa shape index (κ2) is 10.0. The number of amides is 2. The van der Waals surface area contributed by atoms with Crippen molar-refractivity contribution in [3.63, 3.8) is 0 Å². The van der Waals surface area contributed by atoms with E-state index in [1.807, 2.05) is 37.3 Å². The number of hydrogen-bond donors (Lipinski definition) is 3. The van der Waals surface area contributed by atoms with Crippen molar-refractivity contribution in [2.45, 2.75) is 20.3 Å². The largest absolute Gasteiger partial charge is 0.487 e. The molecule has 0 heterocycles. The fraction of sp³-hybridized carbons (Fsp3) is 0.238. The summed E-state index contributed by atoms with van der Waals surface area (Å²) in [6.45, 7) is 7.75. The molecule has 0 unspecified atom stereocenters. The number of carbonyl (C=O) groups is 2. The Morgan fingerprint density at radius 2 is 1.63 bits per heavy atom. The Labute approximate surface area is 159 Å². The molecule has 0 fully saturated rings. The molecule has 0 radical (unpaired) electrons. The number of para-hydroxylation sites is 2. The average molecular weight is 367 g/mol. The lowest BCUT2D eigenvalue weighted by Crippen LogP contribution is -2.22. The van der Waals surface area contributed by atoms with Gasteiger partial charge in [0.25, 0.3) is 0 Å². The van der Waals surface area contributed by atoms with Gasteiger partial charge in [-0.25, -0.2) is 0 Å². The van der Waals surface area contributed by atoms with E-state index in [1.54, 1.807) is 25.1 Å². The summed E-state index contributed by atoms with van der Waals surface area (Å²) < 4.78 is 5.57. The van der Waals surface area contributed by atoms with E-state index in [0.717, 1.165) is 11.3 Å². The molecule has 6 heteroatoms. The fourth-order valence-corrected chi connectivity index (χ4v) is 2.40. The first-order valence-corrected chi connectivity index (χ1v) is 8.81. The van der Waals surface area contributed by atoms with Crippen LogP contribution in [0.15, 0.2) is 55.1 Å². The first kappa shape index (κ1) is 20.0. The minimum absolute atomic E-state index is 0.0700. The summed E-state index contributed by atoms with van der Waals surface area (Å²) in [7, 11) is 0. The molecule has 0 aliphatic rings. The van der Waals surface area contributed by atoms with Gasteiger partial charge < -0.3 is 20.7 Å². The Morgan fingerprint density at radius 3 is 2.30 bits per heavy atom. The highest BCUT2D eigenvalue weighted by atomic mass is 16.5. The molecular weight excluding hydrogens is 342 g/mol. The summed E-state index contributed by atoms with van der Waals surface area (Å²) in [4.78, 5) is 23.9. The highest BCUT2D eigenvalue weighted by molar-refractivity contribution is 5.97. The van der Waals surface area contributed by atoms with Gasteiger partial charge in [0.1, 0.15) is 12.4 Å². The molecular formula is C21H25N3O3. The lowest BCUT2D eigenvalue weighted by Gasteiger charge is -2.15. The minimum Gasteiger partial charge on any atom is -0.487 e. The first-order valence-electron chi connectivity index (χ1n) is 8.81. The smallest absolute Gasteiger partial charge is 0.243 e. The maximum absolute atomic E-state index is 12.3. The van der Waals surface area contributed by atoms with Crippen LogP contribution in [0.25, 0.3) is 0 Å². The summed E-state index contributed by atoms with van der Waals surface area (Å²) in [5.41, 5.74) is 2.89. The molecule has 0 saturated carbocycles. The third kappa shape index (κ3) is 5.88. The van der Waals surface area contributed by atoms with E-state index in [-0.39, 0.29) is 18.4 Å². The van der Waals surface area contributed by atoms with Crippen LogP contribution in [0.4, 0.5) is 17.1 Å². The van der Waals surface area contributed by atoms with Gasteiger partial charge in [0.15, 0.2) is 0 Å². The third-order valence-electron chi connectivity index (χ3n) is 3.89. The standard InChI is InChI=1S/C21H25N3O3/c1-4-13-27-19-12-7-6-9-18(19)22-14-21(26)24-17-11-8-10-16(15(17)3)23-20(25)5-2/h4,6-12,22H,1,5,13-14H2,2-3H3,(H,23,25)(H,24,26). The fourth-order valence-electron chi connectivity index (χ4n) is 2.40. The van der Waals surface area contributed by atoms with Gasteiger partial charge in [-0.05, 0) is 36.8 Å². The molecule has 0 aliphatic carbocycles. The second-order valence-electron chi connectivity index (χ2n) is 5.88. The van der Waals surface area contributed by atoms with Crippen LogP contribution in [0.2, 0.25) is 0 Å². The molecule has 0 aromatic heterocycles. The van der Waals surface area contributed by atoms with Crippen LogP contribution in [-0.4, -0.2) is 25.0 Å². The van der Waals surface area contributed by atoms with Gasteiger partial charge in [-0.3, -0.25) is 9.59 Å². The van der Waals surface area contributed by atoms with Crippen LogP contribution in [0.3, 0.4) is 0 Å².